The minimum Gasteiger partial charge on any atom is -0.382 e. The van der Waals surface area contributed by atoms with Gasteiger partial charge in [0.15, 0.2) is 0 Å². The summed E-state index contributed by atoms with van der Waals surface area (Å²) in [5.74, 6) is 0.462. The maximum Gasteiger partial charge on any atom is 0.141 e. The van der Waals surface area contributed by atoms with Crippen LogP contribution in [0.5, 0.6) is 0 Å². The summed E-state index contributed by atoms with van der Waals surface area (Å²) in [6.45, 7) is 3.98. The fraction of sp³-hybridized carbons (Fsp3) is 0.333. The first kappa shape index (κ1) is 13.3. The SMILES string of the molecule is CCCCN(Cc1cnc(N)cn1)c1ccccc1. The molecule has 2 aromatic rings. The Bertz CT molecular complexity index is 481. The molecule has 0 unspecified atom stereocenters. The van der Waals surface area contributed by atoms with Gasteiger partial charge in [0.25, 0.3) is 0 Å². The highest BCUT2D eigenvalue weighted by molar-refractivity contribution is 5.46. The van der Waals surface area contributed by atoms with Crippen LogP contribution in [0.3, 0.4) is 0 Å². The number of aromatic nitrogens is 2. The van der Waals surface area contributed by atoms with Gasteiger partial charge >= 0.3 is 0 Å². The molecule has 0 atom stereocenters. The maximum absolute atomic E-state index is 5.56. The van der Waals surface area contributed by atoms with Crippen molar-refractivity contribution in [3.05, 3.63) is 48.4 Å². The Morgan fingerprint density at radius 1 is 1.11 bits per heavy atom. The Kier molecular flexibility index (Phi) is 4.72. The van der Waals surface area contributed by atoms with E-state index < -0.39 is 0 Å². The Morgan fingerprint density at radius 2 is 1.89 bits per heavy atom. The van der Waals surface area contributed by atoms with Gasteiger partial charge in [-0.25, -0.2) is 4.98 Å². The van der Waals surface area contributed by atoms with Crippen molar-refractivity contribution in [3.8, 4) is 0 Å². The second-order valence-electron chi connectivity index (χ2n) is 4.54. The summed E-state index contributed by atoms with van der Waals surface area (Å²) < 4.78 is 0. The van der Waals surface area contributed by atoms with Gasteiger partial charge in [-0.2, -0.15) is 0 Å². The van der Waals surface area contributed by atoms with E-state index in [9.17, 15) is 0 Å². The maximum atomic E-state index is 5.56. The Morgan fingerprint density at radius 3 is 2.53 bits per heavy atom. The second-order valence-corrected chi connectivity index (χ2v) is 4.54. The molecule has 0 amide bonds. The van der Waals surface area contributed by atoms with Crippen molar-refractivity contribution >= 4 is 11.5 Å². The number of anilines is 2. The van der Waals surface area contributed by atoms with Crippen LogP contribution in [0.2, 0.25) is 0 Å². The highest BCUT2D eigenvalue weighted by Crippen LogP contribution is 2.16. The van der Waals surface area contributed by atoms with E-state index in [1.165, 1.54) is 12.1 Å². The third kappa shape index (κ3) is 3.95. The van der Waals surface area contributed by atoms with Crippen LogP contribution >= 0.6 is 0 Å². The van der Waals surface area contributed by atoms with Gasteiger partial charge in [-0.05, 0) is 18.6 Å². The molecule has 19 heavy (non-hydrogen) atoms. The second kappa shape index (κ2) is 6.73. The summed E-state index contributed by atoms with van der Waals surface area (Å²) in [6, 6.07) is 10.4. The number of nitrogens with two attached hydrogens (primary N) is 1. The van der Waals surface area contributed by atoms with Gasteiger partial charge in [-0.1, -0.05) is 31.5 Å². The van der Waals surface area contributed by atoms with Crippen molar-refractivity contribution < 1.29 is 0 Å². The van der Waals surface area contributed by atoms with Crippen LogP contribution in [0.15, 0.2) is 42.7 Å². The predicted molar refractivity (Wildman–Crippen MR) is 78.8 cm³/mol. The van der Waals surface area contributed by atoms with Gasteiger partial charge < -0.3 is 10.6 Å². The van der Waals surface area contributed by atoms with Crippen LogP contribution in [0.4, 0.5) is 11.5 Å². The fourth-order valence-corrected chi connectivity index (χ4v) is 1.93. The average Bonchev–Trinajstić information content (AvgIpc) is 2.46. The van der Waals surface area contributed by atoms with E-state index in [-0.39, 0.29) is 0 Å². The van der Waals surface area contributed by atoms with E-state index in [4.69, 9.17) is 5.73 Å². The van der Waals surface area contributed by atoms with Crippen LogP contribution in [0, 0.1) is 0 Å². The van der Waals surface area contributed by atoms with E-state index in [1.807, 2.05) is 6.07 Å². The molecule has 4 heteroatoms. The Labute approximate surface area is 114 Å². The summed E-state index contributed by atoms with van der Waals surface area (Å²) in [5, 5.41) is 0. The molecular formula is C15H20N4. The van der Waals surface area contributed by atoms with E-state index in [1.54, 1.807) is 12.4 Å². The zero-order valence-corrected chi connectivity index (χ0v) is 11.3. The van der Waals surface area contributed by atoms with E-state index in [0.717, 1.165) is 25.2 Å². The molecule has 0 aliphatic rings. The van der Waals surface area contributed by atoms with Gasteiger partial charge in [0.2, 0.25) is 0 Å². The smallest absolute Gasteiger partial charge is 0.141 e. The summed E-state index contributed by atoms with van der Waals surface area (Å²) in [4.78, 5) is 10.7. The first-order valence-corrected chi connectivity index (χ1v) is 6.66. The highest BCUT2D eigenvalue weighted by atomic mass is 15.1. The topological polar surface area (TPSA) is 55.0 Å². The molecule has 0 radical (unpaired) electrons. The number of para-hydroxylation sites is 1. The third-order valence-electron chi connectivity index (χ3n) is 2.98. The number of nitrogens with zero attached hydrogens (tertiary/aromatic N) is 3. The first-order valence-electron chi connectivity index (χ1n) is 6.66. The van der Waals surface area contributed by atoms with Crippen molar-refractivity contribution in [1.82, 2.24) is 9.97 Å². The van der Waals surface area contributed by atoms with Crippen LogP contribution in [-0.4, -0.2) is 16.5 Å². The lowest BCUT2D eigenvalue weighted by Gasteiger charge is -2.24. The summed E-state index contributed by atoms with van der Waals surface area (Å²) in [6.07, 6.45) is 5.70. The van der Waals surface area contributed by atoms with Crippen LogP contribution < -0.4 is 10.6 Å². The molecule has 2 rings (SSSR count). The van der Waals surface area contributed by atoms with Gasteiger partial charge in [-0.15, -0.1) is 0 Å². The predicted octanol–water partition coefficient (Wildman–Crippen LogP) is 2.87. The Balaban J connectivity index is 2.11. The molecule has 2 N–H and O–H groups in total. The lowest BCUT2D eigenvalue weighted by molar-refractivity contribution is 0.706. The monoisotopic (exact) mass is 256 g/mol. The number of hydrogen-bond donors (Lipinski definition) is 1. The van der Waals surface area contributed by atoms with E-state index >= 15 is 0 Å². The molecule has 0 spiro atoms. The van der Waals surface area contributed by atoms with Crippen molar-refractivity contribution in [2.75, 3.05) is 17.2 Å². The lowest BCUT2D eigenvalue weighted by atomic mass is 10.2. The first-order chi connectivity index (χ1) is 9.29. The molecule has 0 bridgehead atoms. The normalized spacial score (nSPS) is 10.4. The number of hydrogen-bond acceptors (Lipinski definition) is 4. The molecule has 4 nitrogen and oxygen atoms in total. The van der Waals surface area contributed by atoms with E-state index in [0.29, 0.717) is 5.82 Å². The minimum atomic E-state index is 0.462. The van der Waals surface area contributed by atoms with E-state index in [2.05, 4.69) is 46.1 Å². The van der Waals surface area contributed by atoms with Crippen molar-refractivity contribution in [1.29, 1.82) is 0 Å². The Hall–Kier alpha value is -2.10. The number of unbranched alkanes of at least 4 members (excludes halogenated alkanes) is 1. The highest BCUT2D eigenvalue weighted by Gasteiger charge is 2.07. The van der Waals surface area contributed by atoms with Crippen molar-refractivity contribution in [3.63, 3.8) is 0 Å². The molecule has 100 valence electrons. The van der Waals surface area contributed by atoms with Gasteiger partial charge in [-0.3, -0.25) is 4.98 Å². The van der Waals surface area contributed by atoms with Gasteiger partial charge in [0, 0.05) is 12.2 Å². The molecule has 0 saturated heterocycles. The molecule has 1 aromatic carbocycles. The number of benzene rings is 1. The largest absolute Gasteiger partial charge is 0.382 e. The summed E-state index contributed by atoms with van der Waals surface area (Å²) >= 11 is 0. The van der Waals surface area contributed by atoms with Crippen molar-refractivity contribution in [2.45, 2.75) is 26.3 Å². The average molecular weight is 256 g/mol. The fourth-order valence-electron chi connectivity index (χ4n) is 1.93. The number of rotatable bonds is 6. The molecule has 0 aliphatic heterocycles. The molecular weight excluding hydrogens is 236 g/mol. The molecule has 1 heterocycles. The standard InChI is InChI=1S/C15H20N4/c1-2-3-9-19(14-7-5-4-6-8-14)12-13-10-18-15(16)11-17-13/h4-8,10-11H,2-3,9,12H2,1H3,(H2,16,18). The quantitative estimate of drug-likeness (QED) is 0.863. The van der Waals surface area contributed by atoms with Crippen LogP contribution in [-0.2, 0) is 6.54 Å². The molecule has 0 saturated carbocycles. The minimum absolute atomic E-state index is 0.462. The zero-order valence-electron chi connectivity index (χ0n) is 11.3. The van der Waals surface area contributed by atoms with Gasteiger partial charge in [0.05, 0.1) is 24.6 Å². The van der Waals surface area contributed by atoms with Gasteiger partial charge in [0.1, 0.15) is 5.82 Å². The molecule has 0 aliphatic carbocycles. The molecule has 1 aromatic heterocycles. The third-order valence-corrected chi connectivity index (χ3v) is 2.98. The lowest BCUT2D eigenvalue weighted by Crippen LogP contribution is -2.24. The summed E-state index contributed by atoms with van der Waals surface area (Å²) in [5.41, 5.74) is 7.72. The van der Waals surface area contributed by atoms with Crippen LogP contribution in [0.1, 0.15) is 25.5 Å². The summed E-state index contributed by atoms with van der Waals surface area (Å²) in [7, 11) is 0. The van der Waals surface area contributed by atoms with Crippen molar-refractivity contribution in [2.24, 2.45) is 0 Å². The van der Waals surface area contributed by atoms with Crippen LogP contribution in [0.25, 0.3) is 0 Å². The molecule has 0 fully saturated rings. The number of nitrogen functional groups attached to an aromatic ring is 1. The zero-order chi connectivity index (χ0) is 13.5.